The summed E-state index contributed by atoms with van der Waals surface area (Å²) in [6.45, 7) is 5.83. The summed E-state index contributed by atoms with van der Waals surface area (Å²) >= 11 is 0. The highest BCUT2D eigenvalue weighted by atomic mass is 16.5. The van der Waals surface area contributed by atoms with Crippen LogP contribution < -0.4 is 0 Å². The molecule has 18 heavy (non-hydrogen) atoms. The number of ketones is 1. The average molecular weight is 248 g/mol. The van der Waals surface area contributed by atoms with E-state index in [9.17, 15) is 4.79 Å². The monoisotopic (exact) mass is 248 g/mol. The molecule has 0 aromatic heterocycles. The second-order valence-electron chi connectivity index (χ2n) is 4.40. The first-order valence-electron chi connectivity index (χ1n) is 6.01. The van der Waals surface area contributed by atoms with Gasteiger partial charge in [0.25, 0.3) is 0 Å². The average Bonchev–Trinajstić information content (AvgIpc) is 2.36. The van der Waals surface area contributed by atoms with E-state index in [4.69, 9.17) is 4.74 Å². The van der Waals surface area contributed by atoms with Crippen LogP contribution in [0, 0.1) is 5.92 Å². The van der Waals surface area contributed by atoms with Crippen LogP contribution in [0.5, 0.6) is 0 Å². The third kappa shape index (κ3) is 4.30. The second-order valence-corrected chi connectivity index (χ2v) is 4.40. The minimum atomic E-state index is -0.437. The fourth-order valence-corrected chi connectivity index (χ4v) is 1.25. The molecule has 4 heteroatoms. The van der Waals surface area contributed by atoms with Gasteiger partial charge in [-0.15, -0.1) is 0 Å². The summed E-state index contributed by atoms with van der Waals surface area (Å²) in [4.78, 5) is 11.8. The van der Waals surface area contributed by atoms with Crippen molar-refractivity contribution in [2.45, 2.75) is 26.9 Å². The lowest BCUT2D eigenvalue weighted by Gasteiger charge is -2.18. The summed E-state index contributed by atoms with van der Waals surface area (Å²) in [5, 5.41) is 5.99. The molecule has 1 unspecified atom stereocenters. The number of rotatable bonds is 5. The third-order valence-corrected chi connectivity index (χ3v) is 2.40. The zero-order valence-corrected chi connectivity index (χ0v) is 11.3. The van der Waals surface area contributed by atoms with Gasteiger partial charge < -0.3 is 4.74 Å². The topological polar surface area (TPSA) is 41.9 Å². The Morgan fingerprint density at radius 3 is 2.72 bits per heavy atom. The van der Waals surface area contributed by atoms with Gasteiger partial charge in [-0.2, -0.15) is 5.10 Å². The lowest BCUT2D eigenvalue weighted by molar-refractivity contribution is -0.123. The van der Waals surface area contributed by atoms with Crippen molar-refractivity contribution in [2.24, 2.45) is 11.0 Å². The number of allylic oxidation sites excluding steroid dienone is 3. The first kappa shape index (κ1) is 14.4. The summed E-state index contributed by atoms with van der Waals surface area (Å²) in [5.74, 6) is 0.288. The van der Waals surface area contributed by atoms with Gasteiger partial charge in [0.1, 0.15) is 6.10 Å². The van der Waals surface area contributed by atoms with Crippen LogP contribution in [0.4, 0.5) is 0 Å². The van der Waals surface area contributed by atoms with E-state index in [0.29, 0.717) is 5.92 Å². The van der Waals surface area contributed by atoms with E-state index in [1.807, 2.05) is 30.6 Å². The predicted octanol–water partition coefficient (Wildman–Crippen LogP) is 2.50. The van der Waals surface area contributed by atoms with E-state index < -0.39 is 6.10 Å². The van der Waals surface area contributed by atoms with Gasteiger partial charge in [0, 0.05) is 25.6 Å². The maximum atomic E-state index is 11.8. The molecular formula is C14H20N2O2. The highest BCUT2D eigenvalue weighted by molar-refractivity contribution is 5.94. The Bertz CT molecular complexity index is 406. The summed E-state index contributed by atoms with van der Waals surface area (Å²) < 4.78 is 4.99. The van der Waals surface area contributed by atoms with Crippen molar-refractivity contribution in [3.63, 3.8) is 0 Å². The molecule has 0 aromatic rings. The van der Waals surface area contributed by atoms with E-state index in [1.54, 1.807) is 18.0 Å². The van der Waals surface area contributed by atoms with Crippen LogP contribution in [-0.2, 0) is 9.53 Å². The van der Waals surface area contributed by atoms with Gasteiger partial charge in [0.05, 0.1) is 5.70 Å². The van der Waals surface area contributed by atoms with E-state index in [0.717, 1.165) is 5.70 Å². The highest BCUT2D eigenvalue weighted by Gasteiger charge is 2.12. The van der Waals surface area contributed by atoms with E-state index >= 15 is 0 Å². The standard InChI is InChI=1S/C14H20N2O2/c1-11(2)10-15-16-8-6-5-7-13(16)9-14(17)12(3)18-4/h5-12H,1-4H3/b13-9+,15-10+. The van der Waals surface area contributed by atoms with Crippen molar-refractivity contribution in [1.82, 2.24) is 5.01 Å². The molecule has 0 aromatic carbocycles. The SMILES string of the molecule is COC(C)C(=O)/C=C1\C=CC=CN1/N=C/C(C)C. The van der Waals surface area contributed by atoms with Crippen molar-refractivity contribution in [2.75, 3.05) is 7.11 Å². The van der Waals surface area contributed by atoms with Crippen LogP contribution in [-0.4, -0.2) is 30.2 Å². The molecule has 1 aliphatic rings. The summed E-state index contributed by atoms with van der Waals surface area (Å²) in [7, 11) is 1.52. The van der Waals surface area contributed by atoms with Crippen molar-refractivity contribution >= 4 is 12.0 Å². The molecule has 0 spiro atoms. The lowest BCUT2D eigenvalue weighted by Crippen LogP contribution is -2.19. The molecule has 0 N–H and O–H groups in total. The van der Waals surface area contributed by atoms with Crippen molar-refractivity contribution < 1.29 is 9.53 Å². The molecule has 0 saturated heterocycles. The maximum absolute atomic E-state index is 11.8. The molecule has 1 rings (SSSR count). The second kappa shape index (κ2) is 6.91. The summed E-state index contributed by atoms with van der Waals surface area (Å²) in [5.41, 5.74) is 0.739. The van der Waals surface area contributed by atoms with Gasteiger partial charge >= 0.3 is 0 Å². The molecule has 0 fully saturated rings. The molecule has 0 saturated carbocycles. The van der Waals surface area contributed by atoms with Crippen LogP contribution in [0.3, 0.4) is 0 Å². The van der Waals surface area contributed by atoms with Crippen molar-refractivity contribution in [1.29, 1.82) is 0 Å². The molecule has 0 radical (unpaired) electrons. The van der Waals surface area contributed by atoms with Gasteiger partial charge in [-0.05, 0) is 25.0 Å². The highest BCUT2D eigenvalue weighted by Crippen LogP contribution is 2.13. The van der Waals surface area contributed by atoms with Gasteiger partial charge in [-0.3, -0.25) is 4.79 Å². The quantitative estimate of drug-likeness (QED) is 0.554. The van der Waals surface area contributed by atoms with Crippen LogP contribution in [0.15, 0.2) is 41.3 Å². The Morgan fingerprint density at radius 2 is 2.11 bits per heavy atom. The zero-order chi connectivity index (χ0) is 13.5. The van der Waals surface area contributed by atoms with E-state index in [2.05, 4.69) is 18.9 Å². The van der Waals surface area contributed by atoms with Crippen LogP contribution >= 0.6 is 0 Å². The molecular weight excluding hydrogens is 228 g/mol. The third-order valence-electron chi connectivity index (χ3n) is 2.40. The molecule has 1 aliphatic heterocycles. The van der Waals surface area contributed by atoms with Crippen LogP contribution in [0.2, 0.25) is 0 Å². The Morgan fingerprint density at radius 1 is 1.39 bits per heavy atom. The maximum Gasteiger partial charge on any atom is 0.186 e. The van der Waals surface area contributed by atoms with Gasteiger partial charge in [0.15, 0.2) is 5.78 Å². The van der Waals surface area contributed by atoms with Gasteiger partial charge in [0.2, 0.25) is 0 Å². The smallest absolute Gasteiger partial charge is 0.186 e. The Kier molecular flexibility index (Phi) is 5.52. The first-order chi connectivity index (χ1) is 8.54. The number of hydrazone groups is 1. The van der Waals surface area contributed by atoms with E-state index in [-0.39, 0.29) is 5.78 Å². The normalized spacial score (nSPS) is 19.2. The molecule has 98 valence electrons. The Hall–Kier alpha value is -1.68. The van der Waals surface area contributed by atoms with Crippen LogP contribution in [0.1, 0.15) is 20.8 Å². The largest absolute Gasteiger partial charge is 0.374 e. The molecule has 0 bridgehead atoms. The molecule has 0 aliphatic carbocycles. The first-order valence-corrected chi connectivity index (χ1v) is 6.01. The number of ether oxygens (including phenoxy) is 1. The van der Waals surface area contributed by atoms with Gasteiger partial charge in [-0.25, -0.2) is 5.01 Å². The molecule has 0 amide bonds. The Labute approximate surface area is 108 Å². The summed E-state index contributed by atoms with van der Waals surface area (Å²) in [6.07, 6.45) is 10.4. The molecule has 1 heterocycles. The molecule has 4 nitrogen and oxygen atoms in total. The van der Waals surface area contributed by atoms with E-state index in [1.165, 1.54) is 7.11 Å². The lowest BCUT2D eigenvalue weighted by atomic mass is 10.2. The fraction of sp³-hybridized carbons (Fsp3) is 0.429. The molecule has 1 atom stereocenters. The van der Waals surface area contributed by atoms with Crippen LogP contribution in [0.25, 0.3) is 0 Å². The fourth-order valence-electron chi connectivity index (χ4n) is 1.25. The number of carbonyl (C=O) groups excluding carboxylic acids is 1. The number of nitrogens with zero attached hydrogens (tertiary/aromatic N) is 2. The van der Waals surface area contributed by atoms with Crippen molar-refractivity contribution in [3.05, 3.63) is 36.2 Å². The predicted molar refractivity (Wildman–Crippen MR) is 73.0 cm³/mol. The van der Waals surface area contributed by atoms with Gasteiger partial charge in [-0.1, -0.05) is 19.9 Å². The number of hydrogen-bond donors (Lipinski definition) is 0. The number of hydrogen-bond acceptors (Lipinski definition) is 4. The summed E-state index contributed by atoms with van der Waals surface area (Å²) in [6, 6.07) is 0. The minimum absolute atomic E-state index is 0.0720. The Balaban J connectivity index is 2.84. The minimum Gasteiger partial charge on any atom is -0.374 e. The zero-order valence-electron chi connectivity index (χ0n) is 11.3. The van der Waals surface area contributed by atoms with Crippen molar-refractivity contribution in [3.8, 4) is 0 Å². The number of carbonyl (C=O) groups is 1. The number of methoxy groups -OCH3 is 1.